The first-order valence-corrected chi connectivity index (χ1v) is 6.64. The highest BCUT2D eigenvalue weighted by Gasteiger charge is 2.48. The molecule has 2 aliphatic carbocycles. The van der Waals surface area contributed by atoms with Crippen LogP contribution in [0.3, 0.4) is 0 Å². The van der Waals surface area contributed by atoms with Crippen LogP contribution in [-0.4, -0.2) is 6.29 Å². The van der Waals surface area contributed by atoms with Gasteiger partial charge in [0.2, 0.25) is 0 Å². The fraction of sp³-hybridized carbons (Fsp3) is 0.800. The monoisotopic (exact) mass is 220 g/mol. The van der Waals surface area contributed by atoms with Crippen molar-refractivity contribution in [2.75, 3.05) is 0 Å². The van der Waals surface area contributed by atoms with Crippen LogP contribution in [0, 0.1) is 16.7 Å². The maximum atomic E-state index is 11.3. The lowest BCUT2D eigenvalue weighted by atomic mass is 9.74. The average Bonchev–Trinajstić information content (AvgIpc) is 2.47. The zero-order valence-electron chi connectivity index (χ0n) is 11.1. The molecule has 1 heteroatoms. The van der Waals surface area contributed by atoms with Crippen LogP contribution in [-0.2, 0) is 4.79 Å². The molecular formula is C15H24O. The van der Waals surface area contributed by atoms with E-state index >= 15 is 0 Å². The Hall–Kier alpha value is -0.590. The van der Waals surface area contributed by atoms with Gasteiger partial charge in [-0.05, 0) is 42.9 Å². The topological polar surface area (TPSA) is 17.1 Å². The summed E-state index contributed by atoms with van der Waals surface area (Å²) in [5.74, 6) is 0.215. The second-order valence-electron chi connectivity index (χ2n) is 6.50. The van der Waals surface area contributed by atoms with Crippen LogP contribution >= 0.6 is 0 Å². The van der Waals surface area contributed by atoms with Crippen molar-refractivity contribution in [2.45, 2.75) is 59.8 Å². The average molecular weight is 220 g/mol. The second kappa shape index (κ2) is 3.72. The Labute approximate surface area is 99.3 Å². The molecule has 2 aliphatic rings. The molecule has 0 bridgehead atoms. The minimum Gasteiger partial charge on any atom is -0.303 e. The summed E-state index contributed by atoms with van der Waals surface area (Å²) in [5.41, 5.74) is 3.73. The van der Waals surface area contributed by atoms with Gasteiger partial charge in [0.15, 0.2) is 0 Å². The number of rotatable bonds is 2. The lowest BCUT2D eigenvalue weighted by molar-refractivity contribution is -0.110. The first-order valence-electron chi connectivity index (χ1n) is 6.64. The van der Waals surface area contributed by atoms with E-state index in [1.165, 1.54) is 37.5 Å². The Balaban J connectivity index is 2.51. The number of allylic oxidation sites excluding steroid dienone is 2. The van der Waals surface area contributed by atoms with E-state index < -0.39 is 0 Å². The number of carbonyl (C=O) groups is 1. The molecule has 2 unspecified atom stereocenters. The first-order chi connectivity index (χ1) is 7.44. The first kappa shape index (κ1) is 11.9. The van der Waals surface area contributed by atoms with Gasteiger partial charge in [-0.1, -0.05) is 38.8 Å². The van der Waals surface area contributed by atoms with E-state index in [-0.39, 0.29) is 11.3 Å². The Morgan fingerprint density at radius 1 is 1.38 bits per heavy atom. The highest BCUT2D eigenvalue weighted by atomic mass is 16.1. The maximum Gasteiger partial charge on any atom is 0.127 e. The lowest BCUT2D eigenvalue weighted by Gasteiger charge is -2.30. The summed E-state index contributed by atoms with van der Waals surface area (Å²) in [4.78, 5) is 11.3. The van der Waals surface area contributed by atoms with E-state index in [1.807, 2.05) is 0 Å². The molecule has 1 nitrogen and oxygen atoms in total. The van der Waals surface area contributed by atoms with Gasteiger partial charge in [-0.15, -0.1) is 0 Å². The molecular weight excluding hydrogens is 196 g/mol. The van der Waals surface area contributed by atoms with Gasteiger partial charge in [-0.25, -0.2) is 0 Å². The normalized spacial score (nSPS) is 37.4. The molecule has 0 N–H and O–H groups in total. The lowest BCUT2D eigenvalue weighted by Crippen LogP contribution is -2.21. The molecule has 2 atom stereocenters. The summed E-state index contributed by atoms with van der Waals surface area (Å²) in [6.45, 7) is 9.33. The highest BCUT2D eigenvalue weighted by Crippen LogP contribution is 2.59. The molecule has 0 heterocycles. The van der Waals surface area contributed by atoms with Gasteiger partial charge in [0.05, 0.1) is 0 Å². The van der Waals surface area contributed by atoms with E-state index in [0.29, 0.717) is 5.41 Å². The number of aldehydes is 1. The van der Waals surface area contributed by atoms with Crippen molar-refractivity contribution in [3.63, 3.8) is 0 Å². The fourth-order valence-electron chi connectivity index (χ4n) is 4.19. The highest BCUT2D eigenvalue weighted by molar-refractivity contribution is 5.62. The second-order valence-corrected chi connectivity index (χ2v) is 6.50. The van der Waals surface area contributed by atoms with E-state index in [4.69, 9.17) is 0 Å². The molecule has 0 saturated carbocycles. The Bertz CT molecular complexity index is 337. The molecule has 2 rings (SSSR count). The van der Waals surface area contributed by atoms with Crippen molar-refractivity contribution in [1.82, 2.24) is 0 Å². The van der Waals surface area contributed by atoms with Crippen LogP contribution in [0.15, 0.2) is 11.1 Å². The molecule has 0 amide bonds. The van der Waals surface area contributed by atoms with Crippen molar-refractivity contribution >= 4 is 6.29 Å². The number of carbonyl (C=O) groups excluding carboxylic acids is 1. The van der Waals surface area contributed by atoms with Crippen molar-refractivity contribution in [3.8, 4) is 0 Å². The minimum atomic E-state index is 0.215. The van der Waals surface area contributed by atoms with Gasteiger partial charge in [0.25, 0.3) is 0 Å². The molecule has 0 aromatic rings. The van der Waals surface area contributed by atoms with Gasteiger partial charge < -0.3 is 4.79 Å². The molecule has 0 saturated heterocycles. The zero-order valence-corrected chi connectivity index (χ0v) is 11.1. The van der Waals surface area contributed by atoms with Crippen molar-refractivity contribution in [1.29, 1.82) is 0 Å². The molecule has 0 aromatic carbocycles. The third kappa shape index (κ3) is 1.56. The van der Waals surface area contributed by atoms with E-state index in [0.717, 1.165) is 6.42 Å². The van der Waals surface area contributed by atoms with Crippen molar-refractivity contribution in [2.24, 2.45) is 16.7 Å². The van der Waals surface area contributed by atoms with Gasteiger partial charge in [-0.2, -0.15) is 0 Å². The summed E-state index contributed by atoms with van der Waals surface area (Å²) < 4.78 is 0. The third-order valence-electron chi connectivity index (χ3n) is 4.87. The summed E-state index contributed by atoms with van der Waals surface area (Å²) >= 11 is 0. The van der Waals surface area contributed by atoms with Gasteiger partial charge in [-0.3, -0.25) is 0 Å². The summed E-state index contributed by atoms with van der Waals surface area (Å²) in [5, 5.41) is 0. The molecule has 0 aliphatic heterocycles. The van der Waals surface area contributed by atoms with E-state index in [2.05, 4.69) is 27.7 Å². The SMILES string of the molecule is CCC1(C)CC(C)(C)C2=C1CCCC2C=O. The molecule has 16 heavy (non-hydrogen) atoms. The third-order valence-corrected chi connectivity index (χ3v) is 4.87. The number of hydrogen-bond acceptors (Lipinski definition) is 1. The van der Waals surface area contributed by atoms with Crippen molar-refractivity contribution in [3.05, 3.63) is 11.1 Å². The Morgan fingerprint density at radius 2 is 2.06 bits per heavy atom. The summed E-state index contributed by atoms with van der Waals surface area (Å²) in [6, 6.07) is 0. The summed E-state index contributed by atoms with van der Waals surface area (Å²) in [6.07, 6.45) is 7.14. The Morgan fingerprint density at radius 3 is 2.62 bits per heavy atom. The van der Waals surface area contributed by atoms with Crippen LogP contribution < -0.4 is 0 Å². The number of hydrogen-bond donors (Lipinski definition) is 0. The van der Waals surface area contributed by atoms with Crippen LogP contribution in [0.5, 0.6) is 0 Å². The Kier molecular flexibility index (Phi) is 2.76. The molecule has 90 valence electrons. The van der Waals surface area contributed by atoms with Gasteiger partial charge >= 0.3 is 0 Å². The quantitative estimate of drug-likeness (QED) is 0.505. The fourth-order valence-corrected chi connectivity index (χ4v) is 4.19. The largest absolute Gasteiger partial charge is 0.303 e. The minimum absolute atomic E-state index is 0.215. The zero-order chi connectivity index (χ0) is 12.0. The van der Waals surface area contributed by atoms with E-state index in [9.17, 15) is 4.79 Å². The standard InChI is InChI=1S/C15H24O/c1-5-15(4)10-14(2,3)13-11(9-16)7-6-8-12(13)15/h9,11H,5-8,10H2,1-4H3. The van der Waals surface area contributed by atoms with Crippen LogP contribution in [0.4, 0.5) is 0 Å². The van der Waals surface area contributed by atoms with Crippen LogP contribution in [0.1, 0.15) is 59.8 Å². The van der Waals surface area contributed by atoms with E-state index in [1.54, 1.807) is 5.57 Å². The molecule has 0 fully saturated rings. The van der Waals surface area contributed by atoms with Crippen molar-refractivity contribution < 1.29 is 4.79 Å². The predicted molar refractivity (Wildman–Crippen MR) is 67.2 cm³/mol. The maximum absolute atomic E-state index is 11.3. The smallest absolute Gasteiger partial charge is 0.127 e. The predicted octanol–water partition coefficient (Wildman–Crippen LogP) is 4.13. The van der Waals surface area contributed by atoms with Crippen LogP contribution in [0.2, 0.25) is 0 Å². The van der Waals surface area contributed by atoms with Gasteiger partial charge in [0.1, 0.15) is 6.29 Å². The molecule has 0 aromatic heterocycles. The van der Waals surface area contributed by atoms with Crippen LogP contribution in [0.25, 0.3) is 0 Å². The summed E-state index contributed by atoms with van der Waals surface area (Å²) in [7, 11) is 0. The molecule has 0 spiro atoms. The van der Waals surface area contributed by atoms with Gasteiger partial charge in [0, 0.05) is 5.92 Å². The molecule has 0 radical (unpaired) electrons.